The molecule has 1 fully saturated rings. The van der Waals surface area contributed by atoms with E-state index in [1.807, 2.05) is 0 Å². The second-order valence-corrected chi connectivity index (χ2v) is 8.95. The molecular formula is C17H20Cl2N4O2S2. The largest absolute Gasteiger partial charge is 0.504 e. The van der Waals surface area contributed by atoms with Crippen LogP contribution in [0, 0.1) is 0 Å². The highest BCUT2D eigenvalue weighted by Gasteiger charge is 2.21. The molecule has 2 amide bonds. The summed E-state index contributed by atoms with van der Waals surface area (Å²) in [6, 6.07) is 4.49. The molecule has 0 unspecified atom stereocenters. The Kier molecular flexibility index (Phi) is 7.13. The summed E-state index contributed by atoms with van der Waals surface area (Å²) >= 11 is 14.9. The number of likely N-dealkylation sites (N-methyl/N-ethyl adjacent to an activating group) is 1. The molecule has 146 valence electrons. The predicted molar refractivity (Wildman–Crippen MR) is 115 cm³/mol. The van der Waals surface area contributed by atoms with Gasteiger partial charge in [0.15, 0.2) is 5.75 Å². The molecule has 1 aliphatic heterocycles. The van der Waals surface area contributed by atoms with Crippen LogP contribution in [0.3, 0.4) is 0 Å². The van der Waals surface area contributed by atoms with Gasteiger partial charge in [-0.05, 0) is 30.6 Å². The second kappa shape index (κ2) is 9.36. The van der Waals surface area contributed by atoms with Crippen molar-refractivity contribution >= 4 is 63.9 Å². The van der Waals surface area contributed by atoms with Crippen LogP contribution in [-0.2, 0) is 0 Å². The third-order valence-corrected chi connectivity index (χ3v) is 7.25. The fourth-order valence-electron chi connectivity index (χ4n) is 2.62. The molecule has 3 rings (SSSR count). The van der Waals surface area contributed by atoms with E-state index in [4.69, 9.17) is 23.2 Å². The van der Waals surface area contributed by atoms with Gasteiger partial charge in [-0.25, -0.2) is 9.10 Å². The number of carbonyl (C=O) groups is 1. The number of rotatable bonds is 5. The molecule has 2 heterocycles. The molecular weight excluding hydrogens is 427 g/mol. The number of hydrogen-bond donors (Lipinski definition) is 3. The monoisotopic (exact) mass is 446 g/mol. The Morgan fingerprint density at radius 3 is 2.63 bits per heavy atom. The minimum Gasteiger partial charge on any atom is -0.504 e. The van der Waals surface area contributed by atoms with Crippen LogP contribution < -0.4 is 10.6 Å². The van der Waals surface area contributed by atoms with Gasteiger partial charge in [0.25, 0.3) is 0 Å². The van der Waals surface area contributed by atoms with Crippen LogP contribution >= 0.6 is 46.5 Å². The average molecular weight is 447 g/mol. The number of piperazine rings is 1. The van der Waals surface area contributed by atoms with E-state index < -0.39 is 6.03 Å². The first-order valence-electron chi connectivity index (χ1n) is 8.45. The van der Waals surface area contributed by atoms with E-state index in [9.17, 15) is 9.90 Å². The number of amides is 2. The standard InChI is InChI=1S/C17H20Cl2N4O2S2/c1-2-22-6-8-23(9-7-22)27-16-15(24)13(10-26-16)21-17(25)20-12-5-3-4-11(18)14(12)19/h3-5,10,24H,2,6-9H2,1H3,(H2,20,21,25). The summed E-state index contributed by atoms with van der Waals surface area (Å²) in [5.41, 5.74) is 0.769. The number of hydrogen-bond acceptors (Lipinski definition) is 6. The van der Waals surface area contributed by atoms with Crippen molar-refractivity contribution < 1.29 is 9.90 Å². The maximum atomic E-state index is 12.2. The van der Waals surface area contributed by atoms with Crippen molar-refractivity contribution in [3.8, 4) is 5.75 Å². The van der Waals surface area contributed by atoms with E-state index in [2.05, 4.69) is 26.8 Å². The van der Waals surface area contributed by atoms with Crippen LogP contribution in [0.2, 0.25) is 10.0 Å². The smallest absolute Gasteiger partial charge is 0.323 e. The minimum absolute atomic E-state index is 0.0789. The lowest BCUT2D eigenvalue weighted by atomic mass is 10.3. The van der Waals surface area contributed by atoms with E-state index in [0.717, 1.165) is 36.9 Å². The molecule has 1 aliphatic rings. The van der Waals surface area contributed by atoms with Crippen LogP contribution in [0.5, 0.6) is 5.75 Å². The quantitative estimate of drug-likeness (QED) is 0.560. The fourth-order valence-corrected chi connectivity index (χ4v) is 4.99. The summed E-state index contributed by atoms with van der Waals surface area (Å²) in [6.45, 7) is 7.13. The molecule has 0 radical (unpaired) electrons. The number of nitrogens with one attached hydrogen (secondary N) is 2. The Labute approximate surface area is 176 Å². The Morgan fingerprint density at radius 1 is 1.22 bits per heavy atom. The van der Waals surface area contributed by atoms with Gasteiger partial charge in [-0.3, -0.25) is 0 Å². The molecule has 0 atom stereocenters. The van der Waals surface area contributed by atoms with Crippen molar-refractivity contribution in [2.24, 2.45) is 0 Å². The summed E-state index contributed by atoms with van der Waals surface area (Å²) in [5, 5.41) is 18.1. The van der Waals surface area contributed by atoms with Crippen molar-refractivity contribution in [3.05, 3.63) is 33.6 Å². The second-order valence-electron chi connectivity index (χ2n) is 5.92. The lowest BCUT2D eigenvalue weighted by Gasteiger charge is -2.32. The number of aromatic hydroxyl groups is 1. The van der Waals surface area contributed by atoms with Crippen molar-refractivity contribution in [1.82, 2.24) is 9.21 Å². The van der Waals surface area contributed by atoms with E-state index >= 15 is 0 Å². The summed E-state index contributed by atoms with van der Waals surface area (Å²) in [4.78, 5) is 14.6. The van der Waals surface area contributed by atoms with Gasteiger partial charge in [-0.15, -0.1) is 11.3 Å². The summed E-state index contributed by atoms with van der Waals surface area (Å²) in [7, 11) is 0. The number of thiophene rings is 1. The third-order valence-electron chi connectivity index (χ3n) is 4.17. The molecule has 1 aromatic carbocycles. The molecule has 2 aromatic rings. The average Bonchev–Trinajstić information content (AvgIpc) is 2.99. The van der Waals surface area contributed by atoms with Crippen LogP contribution in [0.25, 0.3) is 0 Å². The van der Waals surface area contributed by atoms with Crippen LogP contribution in [-0.4, -0.2) is 53.1 Å². The van der Waals surface area contributed by atoms with Gasteiger partial charge in [0.1, 0.15) is 4.21 Å². The maximum absolute atomic E-state index is 12.2. The predicted octanol–water partition coefficient (Wildman–Crippen LogP) is 5.05. The lowest BCUT2D eigenvalue weighted by Crippen LogP contribution is -2.42. The Hall–Kier alpha value is -1.16. The first-order chi connectivity index (χ1) is 13.0. The van der Waals surface area contributed by atoms with Gasteiger partial charge >= 0.3 is 6.03 Å². The number of nitrogens with zero attached hydrogens (tertiary/aromatic N) is 2. The first-order valence-corrected chi connectivity index (χ1v) is 10.9. The van der Waals surface area contributed by atoms with Crippen molar-refractivity contribution in [1.29, 1.82) is 0 Å². The highest BCUT2D eigenvalue weighted by atomic mass is 35.5. The number of halogens is 2. The zero-order valence-electron chi connectivity index (χ0n) is 14.7. The molecule has 27 heavy (non-hydrogen) atoms. The fraction of sp³-hybridized carbons (Fsp3) is 0.353. The highest BCUT2D eigenvalue weighted by Crippen LogP contribution is 2.42. The van der Waals surface area contributed by atoms with Crippen LogP contribution in [0.1, 0.15) is 6.92 Å². The van der Waals surface area contributed by atoms with E-state index in [1.165, 1.54) is 23.3 Å². The zero-order valence-corrected chi connectivity index (χ0v) is 17.8. The molecule has 3 N–H and O–H groups in total. The molecule has 10 heteroatoms. The molecule has 6 nitrogen and oxygen atoms in total. The number of benzene rings is 1. The number of urea groups is 1. The van der Waals surface area contributed by atoms with E-state index in [0.29, 0.717) is 16.4 Å². The van der Waals surface area contributed by atoms with Gasteiger partial charge in [-0.2, -0.15) is 0 Å². The van der Waals surface area contributed by atoms with Crippen LogP contribution in [0.4, 0.5) is 16.2 Å². The molecule has 0 bridgehead atoms. The minimum atomic E-state index is -0.500. The maximum Gasteiger partial charge on any atom is 0.323 e. The highest BCUT2D eigenvalue weighted by molar-refractivity contribution is 7.99. The first kappa shape index (κ1) is 20.6. The summed E-state index contributed by atoms with van der Waals surface area (Å²) in [5.74, 6) is 0.0789. The normalized spacial score (nSPS) is 15.7. The third kappa shape index (κ3) is 5.22. The Balaban J connectivity index is 1.58. The molecule has 1 aromatic heterocycles. The van der Waals surface area contributed by atoms with Crippen molar-refractivity contribution in [3.63, 3.8) is 0 Å². The van der Waals surface area contributed by atoms with E-state index in [1.54, 1.807) is 23.6 Å². The van der Waals surface area contributed by atoms with Crippen LogP contribution in [0.15, 0.2) is 27.8 Å². The SMILES string of the molecule is CCN1CCN(Sc2scc(NC(=O)Nc3cccc(Cl)c3Cl)c2O)CC1. The molecule has 0 spiro atoms. The van der Waals surface area contributed by atoms with Crippen molar-refractivity contribution in [2.45, 2.75) is 11.1 Å². The molecule has 0 saturated carbocycles. The van der Waals surface area contributed by atoms with Gasteiger partial charge in [0.05, 0.1) is 21.4 Å². The van der Waals surface area contributed by atoms with Crippen molar-refractivity contribution in [2.75, 3.05) is 43.4 Å². The Morgan fingerprint density at radius 2 is 1.93 bits per heavy atom. The number of carbonyl (C=O) groups excluding carboxylic acids is 1. The molecule has 0 aliphatic carbocycles. The summed E-state index contributed by atoms with van der Waals surface area (Å²) < 4.78 is 2.99. The number of anilines is 2. The van der Waals surface area contributed by atoms with Gasteiger partial charge in [0.2, 0.25) is 0 Å². The van der Waals surface area contributed by atoms with E-state index in [-0.39, 0.29) is 10.8 Å². The van der Waals surface area contributed by atoms with Gasteiger partial charge in [-0.1, -0.05) is 36.2 Å². The Bertz CT molecular complexity index is 810. The lowest BCUT2D eigenvalue weighted by molar-refractivity contribution is 0.205. The molecule has 1 saturated heterocycles. The van der Waals surface area contributed by atoms with Gasteiger partial charge in [0, 0.05) is 31.6 Å². The zero-order chi connectivity index (χ0) is 19.4. The topological polar surface area (TPSA) is 67.8 Å². The summed E-state index contributed by atoms with van der Waals surface area (Å²) in [6.07, 6.45) is 0. The van der Waals surface area contributed by atoms with Gasteiger partial charge < -0.3 is 20.6 Å².